The Balaban J connectivity index is 1.42. The normalized spacial score (nSPS) is 11.4. The van der Waals surface area contributed by atoms with Crippen molar-refractivity contribution in [1.29, 1.82) is 0 Å². The molecular formula is C20H21NO6S. The van der Waals surface area contributed by atoms with Crippen molar-refractivity contribution in [2.45, 2.75) is 23.7 Å². The van der Waals surface area contributed by atoms with E-state index in [-0.39, 0.29) is 22.2 Å². The Hall–Kier alpha value is -2.84. The van der Waals surface area contributed by atoms with Crippen molar-refractivity contribution in [3.05, 3.63) is 78.1 Å². The van der Waals surface area contributed by atoms with Crippen LogP contribution < -0.4 is 5.32 Å². The van der Waals surface area contributed by atoms with Crippen molar-refractivity contribution < 1.29 is 26.8 Å². The largest absolute Gasteiger partial charge is 0.467 e. The van der Waals surface area contributed by atoms with E-state index in [1.165, 1.54) is 24.3 Å². The fraction of sp³-hybridized carbons (Fsp3) is 0.250. The molecule has 0 aliphatic heterocycles. The first-order valence-corrected chi connectivity index (χ1v) is 10.4. The summed E-state index contributed by atoms with van der Waals surface area (Å²) in [4.78, 5) is 12.3. The van der Waals surface area contributed by atoms with Gasteiger partial charge in [0.15, 0.2) is 15.6 Å². The smallest absolute Gasteiger partial charge is 0.286 e. The molecule has 3 rings (SSSR count). The summed E-state index contributed by atoms with van der Waals surface area (Å²) < 4.78 is 40.7. The highest BCUT2D eigenvalue weighted by atomic mass is 32.2. The third-order valence-electron chi connectivity index (χ3n) is 3.90. The Labute approximate surface area is 163 Å². The number of hydrogen-bond donors (Lipinski definition) is 1. The first kappa shape index (κ1) is 19.9. The zero-order valence-electron chi connectivity index (χ0n) is 15.2. The van der Waals surface area contributed by atoms with Crippen molar-refractivity contribution >= 4 is 15.7 Å². The maximum Gasteiger partial charge on any atom is 0.286 e. The monoisotopic (exact) mass is 403 g/mol. The molecule has 0 aliphatic carbocycles. The summed E-state index contributed by atoms with van der Waals surface area (Å²) in [6.45, 7) is 1.27. The first-order valence-electron chi connectivity index (χ1n) is 8.79. The standard InChI is InChI=1S/C20H21NO6S/c22-20(21-11-5-12-25-14-16-6-4-13-26-16)19-10-9-17(27-19)15-28(23,24)18-7-2-1-3-8-18/h1-4,6-10,13H,5,11-12,14-15H2,(H,21,22). The number of benzene rings is 1. The van der Waals surface area contributed by atoms with Gasteiger partial charge in [-0.15, -0.1) is 0 Å². The van der Waals surface area contributed by atoms with Crippen LogP contribution in [0.15, 0.2) is 74.6 Å². The van der Waals surface area contributed by atoms with Gasteiger partial charge in [-0.3, -0.25) is 4.79 Å². The molecule has 0 unspecified atom stereocenters. The number of carbonyl (C=O) groups is 1. The van der Waals surface area contributed by atoms with Gasteiger partial charge in [-0.2, -0.15) is 0 Å². The Morgan fingerprint density at radius 2 is 1.82 bits per heavy atom. The van der Waals surface area contributed by atoms with Crippen LogP contribution in [0.5, 0.6) is 0 Å². The lowest BCUT2D eigenvalue weighted by molar-refractivity contribution is 0.0893. The second-order valence-electron chi connectivity index (χ2n) is 6.08. The highest BCUT2D eigenvalue weighted by Crippen LogP contribution is 2.18. The molecule has 1 amide bonds. The number of sulfone groups is 1. The van der Waals surface area contributed by atoms with Crippen LogP contribution in [0.1, 0.15) is 28.5 Å². The topological polar surface area (TPSA) is 98.7 Å². The van der Waals surface area contributed by atoms with Gasteiger partial charge in [-0.1, -0.05) is 18.2 Å². The number of carbonyl (C=O) groups excluding carboxylic acids is 1. The van der Waals surface area contributed by atoms with Crippen LogP contribution in [0.25, 0.3) is 0 Å². The molecule has 2 heterocycles. The van der Waals surface area contributed by atoms with Crippen LogP contribution in [-0.4, -0.2) is 27.5 Å². The Morgan fingerprint density at radius 1 is 1.00 bits per heavy atom. The van der Waals surface area contributed by atoms with Gasteiger partial charge in [-0.25, -0.2) is 8.42 Å². The van der Waals surface area contributed by atoms with E-state index in [9.17, 15) is 13.2 Å². The lowest BCUT2D eigenvalue weighted by Crippen LogP contribution is -2.24. The molecule has 0 radical (unpaired) electrons. The van der Waals surface area contributed by atoms with Crippen molar-refractivity contribution in [3.63, 3.8) is 0 Å². The van der Waals surface area contributed by atoms with E-state index in [4.69, 9.17) is 13.6 Å². The maximum absolute atomic E-state index is 12.4. The van der Waals surface area contributed by atoms with Gasteiger partial charge < -0.3 is 18.9 Å². The van der Waals surface area contributed by atoms with Crippen LogP contribution in [0.2, 0.25) is 0 Å². The number of amides is 1. The molecule has 148 valence electrons. The number of furan rings is 2. The Bertz CT molecular complexity index is 977. The molecular weight excluding hydrogens is 382 g/mol. The number of ether oxygens (including phenoxy) is 1. The third-order valence-corrected chi connectivity index (χ3v) is 5.55. The van der Waals surface area contributed by atoms with Gasteiger partial charge in [-0.05, 0) is 42.8 Å². The number of hydrogen-bond acceptors (Lipinski definition) is 6. The summed E-state index contributed by atoms with van der Waals surface area (Å²) in [7, 11) is -3.52. The lowest BCUT2D eigenvalue weighted by atomic mass is 10.4. The molecule has 0 saturated carbocycles. The van der Waals surface area contributed by atoms with Crippen LogP contribution in [0, 0.1) is 0 Å². The lowest BCUT2D eigenvalue weighted by Gasteiger charge is -2.04. The minimum atomic E-state index is -3.52. The molecule has 2 aromatic heterocycles. The minimum absolute atomic E-state index is 0.0785. The SMILES string of the molecule is O=C(NCCCOCc1ccco1)c1ccc(CS(=O)(=O)c2ccccc2)o1. The summed E-state index contributed by atoms with van der Waals surface area (Å²) in [6.07, 6.45) is 2.21. The molecule has 0 spiro atoms. The van der Waals surface area contributed by atoms with Gasteiger partial charge >= 0.3 is 0 Å². The fourth-order valence-corrected chi connectivity index (χ4v) is 3.77. The van der Waals surface area contributed by atoms with Crippen LogP contribution in [-0.2, 0) is 26.9 Å². The third kappa shape index (κ3) is 5.58. The number of rotatable bonds is 10. The zero-order chi connectivity index (χ0) is 19.8. The van der Waals surface area contributed by atoms with E-state index in [1.807, 2.05) is 6.07 Å². The summed E-state index contributed by atoms with van der Waals surface area (Å²) >= 11 is 0. The first-order chi connectivity index (χ1) is 13.5. The van der Waals surface area contributed by atoms with Crippen molar-refractivity contribution in [2.24, 2.45) is 0 Å². The summed E-state index contributed by atoms with van der Waals surface area (Å²) in [5.74, 6) is 0.350. The van der Waals surface area contributed by atoms with Gasteiger partial charge in [0, 0.05) is 13.2 Å². The van der Waals surface area contributed by atoms with Crippen LogP contribution in [0.3, 0.4) is 0 Å². The molecule has 0 aliphatic rings. The van der Waals surface area contributed by atoms with Crippen molar-refractivity contribution in [1.82, 2.24) is 5.32 Å². The summed E-state index contributed by atoms with van der Waals surface area (Å²) in [5, 5.41) is 2.71. The predicted octanol–water partition coefficient (Wildman–Crippen LogP) is 3.18. The molecule has 1 aromatic carbocycles. The minimum Gasteiger partial charge on any atom is -0.467 e. The summed E-state index contributed by atoms with van der Waals surface area (Å²) in [5.41, 5.74) is 0. The highest BCUT2D eigenvalue weighted by molar-refractivity contribution is 7.90. The van der Waals surface area contributed by atoms with E-state index >= 15 is 0 Å². The molecule has 1 N–H and O–H groups in total. The van der Waals surface area contributed by atoms with Crippen molar-refractivity contribution in [2.75, 3.05) is 13.2 Å². The molecule has 7 nitrogen and oxygen atoms in total. The van der Waals surface area contributed by atoms with E-state index < -0.39 is 15.7 Å². The predicted molar refractivity (Wildman–Crippen MR) is 101 cm³/mol. The molecule has 3 aromatic rings. The zero-order valence-corrected chi connectivity index (χ0v) is 16.0. The molecule has 8 heteroatoms. The summed E-state index contributed by atoms with van der Waals surface area (Å²) in [6, 6.07) is 14.7. The van der Waals surface area contributed by atoms with Gasteiger partial charge in [0.25, 0.3) is 5.91 Å². The second kappa shape index (κ2) is 9.38. The van der Waals surface area contributed by atoms with Gasteiger partial charge in [0.2, 0.25) is 0 Å². The quantitative estimate of drug-likeness (QED) is 0.522. The number of nitrogens with one attached hydrogen (secondary N) is 1. The van der Waals surface area contributed by atoms with E-state index in [0.29, 0.717) is 26.2 Å². The molecule has 0 atom stereocenters. The van der Waals surface area contributed by atoms with E-state index in [2.05, 4.69) is 5.32 Å². The van der Waals surface area contributed by atoms with Gasteiger partial charge in [0.1, 0.15) is 23.9 Å². The van der Waals surface area contributed by atoms with Crippen LogP contribution >= 0.6 is 0 Å². The molecule has 0 bridgehead atoms. The average Bonchev–Trinajstić information content (AvgIpc) is 3.37. The Morgan fingerprint density at radius 3 is 2.57 bits per heavy atom. The molecule has 0 fully saturated rings. The Kier molecular flexibility index (Phi) is 6.67. The van der Waals surface area contributed by atoms with E-state index in [1.54, 1.807) is 30.5 Å². The van der Waals surface area contributed by atoms with Crippen LogP contribution in [0.4, 0.5) is 0 Å². The highest BCUT2D eigenvalue weighted by Gasteiger charge is 2.19. The second-order valence-corrected chi connectivity index (χ2v) is 8.07. The van der Waals surface area contributed by atoms with E-state index in [0.717, 1.165) is 5.76 Å². The van der Waals surface area contributed by atoms with Gasteiger partial charge in [0.05, 0.1) is 11.2 Å². The molecule has 28 heavy (non-hydrogen) atoms. The molecule has 0 saturated heterocycles. The maximum atomic E-state index is 12.4. The fourth-order valence-electron chi connectivity index (χ4n) is 2.51. The average molecular weight is 403 g/mol. The van der Waals surface area contributed by atoms with Crippen molar-refractivity contribution in [3.8, 4) is 0 Å².